The van der Waals surface area contributed by atoms with Crippen molar-refractivity contribution in [3.63, 3.8) is 0 Å². The summed E-state index contributed by atoms with van der Waals surface area (Å²) in [5, 5.41) is 10.6. The lowest BCUT2D eigenvalue weighted by Gasteiger charge is -2.37. The smallest absolute Gasteiger partial charge is 0.210 e. The van der Waals surface area contributed by atoms with Gasteiger partial charge in [0.1, 0.15) is 17.0 Å². The van der Waals surface area contributed by atoms with Gasteiger partial charge in [0.2, 0.25) is 6.41 Å². The molecule has 0 bridgehead atoms. The van der Waals surface area contributed by atoms with Crippen LogP contribution in [-0.2, 0) is 10.2 Å². The second-order valence-corrected chi connectivity index (χ2v) is 9.76. The summed E-state index contributed by atoms with van der Waals surface area (Å²) >= 11 is 11.9. The minimum Gasteiger partial charge on any atom is -0.336 e. The van der Waals surface area contributed by atoms with E-state index in [4.69, 9.17) is 23.2 Å². The molecule has 1 aliphatic heterocycles. The number of likely N-dealkylation sites (tertiary alicyclic amines) is 1. The normalized spacial score (nSPS) is 24.0. The second kappa shape index (κ2) is 8.17. The highest BCUT2D eigenvalue weighted by molar-refractivity contribution is 6.31. The molecule has 0 unspecified atom stereocenters. The summed E-state index contributed by atoms with van der Waals surface area (Å²) in [7, 11) is 0. The molecule has 1 aliphatic rings. The fraction of sp³-hybridized carbons (Fsp3) is 0.391. The topological polar surface area (TPSA) is 44.1 Å². The molecule has 1 fully saturated rings. The predicted octanol–water partition coefficient (Wildman–Crippen LogP) is 6.30. The molecule has 2 aromatic carbocycles. The number of halogens is 4. The van der Waals surface area contributed by atoms with E-state index in [0.29, 0.717) is 12.8 Å². The summed E-state index contributed by atoms with van der Waals surface area (Å²) in [6, 6.07) is 9.79. The zero-order chi connectivity index (χ0) is 22.3. The van der Waals surface area contributed by atoms with Crippen molar-refractivity contribution < 1.29 is 13.6 Å². The first-order valence-electron chi connectivity index (χ1n) is 9.57. The minimum absolute atomic E-state index is 0.0851. The van der Waals surface area contributed by atoms with Gasteiger partial charge < -0.3 is 4.90 Å². The van der Waals surface area contributed by atoms with E-state index in [1.54, 1.807) is 6.07 Å². The highest BCUT2D eigenvalue weighted by Gasteiger charge is 2.58. The molecule has 3 nitrogen and oxygen atoms in total. The number of nitrogens with zero attached hydrogens (tertiary/aromatic N) is 2. The molecule has 1 saturated heterocycles. The van der Waals surface area contributed by atoms with Gasteiger partial charge in [0.25, 0.3) is 0 Å². The summed E-state index contributed by atoms with van der Waals surface area (Å²) in [6.07, 6.45) is 1.11. The van der Waals surface area contributed by atoms with Gasteiger partial charge in [-0.25, -0.2) is 8.78 Å². The Kier molecular flexibility index (Phi) is 6.13. The number of carbonyl (C=O) groups is 1. The summed E-state index contributed by atoms with van der Waals surface area (Å²) in [6.45, 7) is 6.21. The predicted molar refractivity (Wildman–Crippen MR) is 113 cm³/mol. The number of amides is 1. The van der Waals surface area contributed by atoms with Crippen LogP contribution in [0.5, 0.6) is 0 Å². The lowest BCUT2D eigenvalue weighted by molar-refractivity contribution is -0.119. The molecule has 1 amide bonds. The Morgan fingerprint density at radius 1 is 1.27 bits per heavy atom. The molecule has 30 heavy (non-hydrogen) atoms. The van der Waals surface area contributed by atoms with Crippen LogP contribution in [0.15, 0.2) is 36.4 Å². The molecular weight excluding hydrogens is 429 g/mol. The lowest BCUT2D eigenvalue weighted by Crippen LogP contribution is -2.39. The van der Waals surface area contributed by atoms with E-state index in [0.717, 1.165) is 6.07 Å². The van der Waals surface area contributed by atoms with Crippen LogP contribution in [0.3, 0.4) is 0 Å². The number of hydrogen-bond donors (Lipinski definition) is 0. The molecule has 0 radical (unpaired) electrons. The van der Waals surface area contributed by atoms with Gasteiger partial charge in [-0.3, -0.25) is 4.79 Å². The maximum absolute atomic E-state index is 15.2. The highest BCUT2D eigenvalue weighted by atomic mass is 35.5. The van der Waals surface area contributed by atoms with E-state index >= 15 is 8.78 Å². The van der Waals surface area contributed by atoms with E-state index < -0.39 is 29.0 Å². The fourth-order valence-electron chi connectivity index (χ4n) is 4.62. The third-order valence-electron chi connectivity index (χ3n) is 5.67. The maximum Gasteiger partial charge on any atom is 0.210 e. The molecule has 0 aromatic heterocycles. The zero-order valence-electron chi connectivity index (χ0n) is 16.9. The van der Waals surface area contributed by atoms with E-state index in [-0.39, 0.29) is 33.1 Å². The Morgan fingerprint density at radius 3 is 2.53 bits per heavy atom. The van der Waals surface area contributed by atoms with Crippen LogP contribution in [0.2, 0.25) is 10.0 Å². The molecule has 0 aliphatic carbocycles. The van der Waals surface area contributed by atoms with Crippen molar-refractivity contribution in [1.82, 2.24) is 4.90 Å². The van der Waals surface area contributed by atoms with Gasteiger partial charge in [-0.2, -0.15) is 5.26 Å². The van der Waals surface area contributed by atoms with Crippen molar-refractivity contribution in [2.24, 2.45) is 11.3 Å². The summed E-state index contributed by atoms with van der Waals surface area (Å²) in [5.74, 6) is -1.82. The Balaban J connectivity index is 2.35. The fourth-order valence-corrected chi connectivity index (χ4v) is 4.96. The lowest BCUT2D eigenvalue weighted by atomic mass is 9.63. The first-order valence-corrected chi connectivity index (χ1v) is 10.3. The van der Waals surface area contributed by atoms with Crippen LogP contribution >= 0.6 is 23.2 Å². The molecule has 3 atom stereocenters. The van der Waals surface area contributed by atoms with Crippen molar-refractivity contribution in [3.8, 4) is 6.07 Å². The van der Waals surface area contributed by atoms with Gasteiger partial charge in [-0.15, -0.1) is 0 Å². The Bertz CT molecular complexity index is 1020. The summed E-state index contributed by atoms with van der Waals surface area (Å²) < 4.78 is 30.3. The zero-order valence-corrected chi connectivity index (χ0v) is 18.4. The average molecular weight is 451 g/mol. The van der Waals surface area contributed by atoms with Gasteiger partial charge in [-0.1, -0.05) is 62.2 Å². The molecule has 7 heteroatoms. The molecule has 1 heterocycles. The molecule has 3 rings (SSSR count). The van der Waals surface area contributed by atoms with Crippen molar-refractivity contribution in [1.29, 1.82) is 5.26 Å². The van der Waals surface area contributed by atoms with Gasteiger partial charge in [0, 0.05) is 28.6 Å². The SMILES string of the molecule is CC(C)(C)C[C@@H]1CN(C=O)[C@H](c2cccc(Cl)c2F)[C@@]1(C#N)c1ccc(Cl)cc1F. The van der Waals surface area contributed by atoms with Crippen LogP contribution < -0.4 is 0 Å². The standard InChI is InChI=1S/C23H22Cl2F2N2O/c1-22(2,3)10-14-11-29(13-30)21(16-5-4-6-18(25)20(16)27)23(14,12-28)17-8-7-15(24)9-19(17)26/h4-9,13-14,21H,10-11H2,1-3H3/t14-,21-,23-/m1/s1. The molecule has 158 valence electrons. The number of benzene rings is 2. The average Bonchev–Trinajstić information content (AvgIpc) is 2.96. The van der Waals surface area contributed by atoms with Crippen LogP contribution in [0.1, 0.15) is 44.4 Å². The van der Waals surface area contributed by atoms with Crippen LogP contribution in [0, 0.1) is 34.3 Å². The van der Waals surface area contributed by atoms with Gasteiger partial charge in [0.05, 0.1) is 17.1 Å². The van der Waals surface area contributed by atoms with Crippen molar-refractivity contribution in [2.45, 2.75) is 38.6 Å². The Hall–Kier alpha value is -2.16. The highest BCUT2D eigenvalue weighted by Crippen LogP contribution is 2.55. The van der Waals surface area contributed by atoms with E-state index in [9.17, 15) is 10.1 Å². The third-order valence-corrected chi connectivity index (χ3v) is 6.20. The van der Waals surface area contributed by atoms with Crippen molar-refractivity contribution in [3.05, 3.63) is 69.2 Å². The summed E-state index contributed by atoms with van der Waals surface area (Å²) in [5.41, 5.74) is -1.56. The van der Waals surface area contributed by atoms with Gasteiger partial charge >= 0.3 is 0 Å². The number of nitriles is 1. The number of rotatable bonds is 4. The van der Waals surface area contributed by atoms with Crippen LogP contribution in [-0.4, -0.2) is 17.9 Å². The van der Waals surface area contributed by atoms with Gasteiger partial charge in [-0.05, 0) is 30.0 Å². The molecule has 0 N–H and O–H groups in total. The number of hydrogen-bond acceptors (Lipinski definition) is 2. The maximum atomic E-state index is 15.2. The summed E-state index contributed by atoms with van der Waals surface area (Å²) in [4.78, 5) is 13.4. The minimum atomic E-state index is -1.52. The third kappa shape index (κ3) is 3.79. The van der Waals surface area contributed by atoms with Crippen LogP contribution in [0.4, 0.5) is 8.78 Å². The van der Waals surface area contributed by atoms with E-state index in [1.807, 2.05) is 20.8 Å². The van der Waals surface area contributed by atoms with E-state index in [1.165, 1.54) is 29.2 Å². The Labute approximate surface area is 185 Å². The Morgan fingerprint density at radius 2 is 1.97 bits per heavy atom. The first kappa shape index (κ1) is 22.5. The number of carbonyl (C=O) groups excluding carboxylic acids is 1. The largest absolute Gasteiger partial charge is 0.336 e. The quantitative estimate of drug-likeness (QED) is 0.513. The monoisotopic (exact) mass is 450 g/mol. The van der Waals surface area contributed by atoms with Gasteiger partial charge in [0.15, 0.2) is 0 Å². The van der Waals surface area contributed by atoms with E-state index in [2.05, 4.69) is 6.07 Å². The molecular formula is C23H22Cl2F2N2O. The molecule has 0 saturated carbocycles. The first-order chi connectivity index (χ1) is 14.0. The molecule has 0 spiro atoms. The molecule has 2 aromatic rings. The van der Waals surface area contributed by atoms with Crippen molar-refractivity contribution in [2.75, 3.05) is 6.54 Å². The second-order valence-electron chi connectivity index (χ2n) is 8.91. The van der Waals surface area contributed by atoms with Crippen LogP contribution in [0.25, 0.3) is 0 Å². The van der Waals surface area contributed by atoms with Crippen molar-refractivity contribution >= 4 is 29.6 Å².